The lowest BCUT2D eigenvalue weighted by molar-refractivity contribution is 0.429. The van der Waals surface area contributed by atoms with Crippen molar-refractivity contribution in [1.29, 1.82) is 0 Å². The molecule has 0 aliphatic rings. The molecule has 0 aromatic rings. The van der Waals surface area contributed by atoms with Crippen molar-refractivity contribution in [3.63, 3.8) is 0 Å². The summed E-state index contributed by atoms with van der Waals surface area (Å²) in [5, 5.41) is 0.673. The number of sulfonamides is 1. The molecule has 0 aliphatic carbocycles. The Balaban J connectivity index is 4.41. The molecule has 0 radical (unpaired) electrons. The van der Waals surface area contributed by atoms with Gasteiger partial charge in [0, 0.05) is 18.9 Å². The van der Waals surface area contributed by atoms with E-state index in [4.69, 9.17) is 0 Å². The van der Waals surface area contributed by atoms with Crippen molar-refractivity contribution in [1.82, 2.24) is 4.31 Å². The van der Waals surface area contributed by atoms with Crippen molar-refractivity contribution < 1.29 is 8.42 Å². The van der Waals surface area contributed by atoms with Crippen molar-refractivity contribution in [3.05, 3.63) is 0 Å². The topological polar surface area (TPSA) is 37.4 Å². The molecule has 0 aromatic carbocycles. The number of halogens is 1. The van der Waals surface area contributed by atoms with Crippen molar-refractivity contribution >= 4 is 26.0 Å². The third kappa shape index (κ3) is 5.65. The van der Waals surface area contributed by atoms with Gasteiger partial charge >= 0.3 is 0 Å². The minimum Gasteiger partial charge on any atom is -0.212 e. The summed E-state index contributed by atoms with van der Waals surface area (Å²) in [5.41, 5.74) is -0.181. The quantitative estimate of drug-likeness (QED) is 0.730. The van der Waals surface area contributed by atoms with Crippen molar-refractivity contribution in [3.8, 4) is 0 Å². The van der Waals surface area contributed by atoms with E-state index in [0.717, 1.165) is 0 Å². The summed E-state index contributed by atoms with van der Waals surface area (Å²) in [6.07, 6.45) is 0. The van der Waals surface area contributed by atoms with Gasteiger partial charge in [0.1, 0.15) is 0 Å². The second-order valence-electron chi connectivity index (χ2n) is 4.33. The standard InChI is InChI=1S/C8H18BrNO2S/c1-8(2,3)7-13(11,12)10(4)6-5-9/h5-7H2,1-4H3. The van der Waals surface area contributed by atoms with Gasteiger partial charge in [-0.3, -0.25) is 0 Å². The van der Waals surface area contributed by atoms with E-state index in [1.165, 1.54) is 4.31 Å². The molecular formula is C8H18BrNO2S. The Hall–Kier alpha value is 0.390. The minimum absolute atomic E-state index is 0.181. The molecular weight excluding hydrogens is 254 g/mol. The number of hydrogen-bond donors (Lipinski definition) is 0. The SMILES string of the molecule is CN(CCBr)S(=O)(=O)CC(C)(C)C. The summed E-state index contributed by atoms with van der Waals surface area (Å²) in [4.78, 5) is 0. The average Bonchev–Trinajstić information content (AvgIpc) is 1.82. The van der Waals surface area contributed by atoms with Gasteiger partial charge in [0.15, 0.2) is 0 Å². The largest absolute Gasteiger partial charge is 0.214 e. The Labute approximate surface area is 89.7 Å². The summed E-state index contributed by atoms with van der Waals surface area (Å²) in [7, 11) is -1.46. The molecule has 0 saturated heterocycles. The van der Waals surface area contributed by atoms with E-state index in [-0.39, 0.29) is 11.2 Å². The number of rotatable bonds is 4. The van der Waals surface area contributed by atoms with Crippen LogP contribution in [0.5, 0.6) is 0 Å². The zero-order chi connectivity index (χ0) is 10.7. The first-order valence-corrected chi connectivity index (χ1v) is 6.92. The number of nitrogens with zero attached hydrogens (tertiary/aromatic N) is 1. The molecule has 0 amide bonds. The molecule has 0 rings (SSSR count). The maximum Gasteiger partial charge on any atom is 0.214 e. The van der Waals surface area contributed by atoms with E-state index in [1.807, 2.05) is 20.8 Å². The Kier molecular flexibility index (Phi) is 4.90. The highest BCUT2D eigenvalue weighted by Crippen LogP contribution is 2.17. The lowest BCUT2D eigenvalue weighted by Crippen LogP contribution is -2.35. The zero-order valence-electron chi connectivity index (χ0n) is 8.67. The molecule has 80 valence electrons. The van der Waals surface area contributed by atoms with Crippen LogP contribution in [0.3, 0.4) is 0 Å². The Morgan fingerprint density at radius 2 is 1.77 bits per heavy atom. The lowest BCUT2D eigenvalue weighted by atomic mass is 10.0. The zero-order valence-corrected chi connectivity index (χ0v) is 11.1. The summed E-state index contributed by atoms with van der Waals surface area (Å²) < 4.78 is 24.7. The monoisotopic (exact) mass is 271 g/mol. The molecule has 0 spiro atoms. The van der Waals surface area contributed by atoms with Gasteiger partial charge in [-0.2, -0.15) is 0 Å². The molecule has 0 heterocycles. The molecule has 3 nitrogen and oxygen atoms in total. The van der Waals surface area contributed by atoms with Crippen molar-refractivity contribution in [2.24, 2.45) is 5.41 Å². The van der Waals surface area contributed by atoms with Gasteiger partial charge in [-0.15, -0.1) is 0 Å². The van der Waals surface area contributed by atoms with Crippen LogP contribution in [0.2, 0.25) is 0 Å². The predicted molar refractivity (Wildman–Crippen MR) is 59.7 cm³/mol. The Bertz CT molecular complexity index is 243. The average molecular weight is 272 g/mol. The molecule has 5 heteroatoms. The van der Waals surface area contributed by atoms with Gasteiger partial charge in [-0.05, 0) is 5.41 Å². The first-order valence-electron chi connectivity index (χ1n) is 4.19. The van der Waals surface area contributed by atoms with Gasteiger partial charge in [0.05, 0.1) is 5.75 Å². The Morgan fingerprint density at radius 1 is 1.31 bits per heavy atom. The van der Waals surface area contributed by atoms with Gasteiger partial charge < -0.3 is 0 Å². The third-order valence-corrected chi connectivity index (χ3v) is 4.21. The molecule has 0 aromatic heterocycles. The van der Waals surface area contributed by atoms with Gasteiger partial charge in [0.25, 0.3) is 0 Å². The molecule has 0 fully saturated rings. The van der Waals surface area contributed by atoms with Crippen molar-refractivity contribution in [2.45, 2.75) is 20.8 Å². The first-order chi connectivity index (χ1) is 5.69. The molecule has 0 atom stereocenters. The summed E-state index contributed by atoms with van der Waals surface area (Å²) in [5.74, 6) is 0.198. The minimum atomic E-state index is -3.08. The highest BCUT2D eigenvalue weighted by Gasteiger charge is 2.24. The molecule has 0 N–H and O–H groups in total. The molecule has 13 heavy (non-hydrogen) atoms. The number of alkyl halides is 1. The van der Waals surface area contributed by atoms with Gasteiger partial charge in [0.2, 0.25) is 10.0 Å². The van der Waals surface area contributed by atoms with E-state index in [9.17, 15) is 8.42 Å². The predicted octanol–water partition coefficient (Wildman–Crippen LogP) is 1.69. The fourth-order valence-corrected chi connectivity index (χ4v) is 3.37. The van der Waals surface area contributed by atoms with Crippen LogP contribution in [0, 0.1) is 5.41 Å². The highest BCUT2D eigenvalue weighted by atomic mass is 79.9. The second-order valence-corrected chi connectivity index (χ2v) is 7.20. The van der Waals surface area contributed by atoms with Crippen LogP contribution in [0.25, 0.3) is 0 Å². The summed E-state index contributed by atoms with van der Waals surface area (Å²) in [6.45, 7) is 6.30. The summed E-state index contributed by atoms with van der Waals surface area (Å²) >= 11 is 3.22. The lowest BCUT2D eigenvalue weighted by Gasteiger charge is -2.23. The molecule has 0 saturated carbocycles. The molecule has 0 unspecified atom stereocenters. The van der Waals surface area contributed by atoms with E-state index in [2.05, 4.69) is 15.9 Å². The van der Waals surface area contributed by atoms with Crippen LogP contribution in [-0.4, -0.2) is 37.4 Å². The Morgan fingerprint density at radius 3 is 2.08 bits per heavy atom. The molecule has 0 aliphatic heterocycles. The van der Waals surface area contributed by atoms with E-state index in [0.29, 0.717) is 11.9 Å². The smallest absolute Gasteiger partial charge is 0.212 e. The normalized spacial score (nSPS) is 13.7. The van der Waals surface area contributed by atoms with E-state index in [1.54, 1.807) is 7.05 Å². The molecule has 0 bridgehead atoms. The van der Waals surface area contributed by atoms with Crippen LogP contribution in [-0.2, 0) is 10.0 Å². The fraction of sp³-hybridized carbons (Fsp3) is 1.00. The summed E-state index contributed by atoms with van der Waals surface area (Å²) in [6, 6.07) is 0. The first kappa shape index (κ1) is 13.4. The van der Waals surface area contributed by atoms with Crippen molar-refractivity contribution in [2.75, 3.05) is 24.7 Å². The van der Waals surface area contributed by atoms with E-state index < -0.39 is 10.0 Å². The third-order valence-electron chi connectivity index (χ3n) is 1.49. The highest BCUT2D eigenvalue weighted by molar-refractivity contribution is 9.09. The fourth-order valence-electron chi connectivity index (χ4n) is 0.915. The maximum absolute atomic E-state index is 11.6. The number of hydrogen-bond acceptors (Lipinski definition) is 2. The van der Waals surface area contributed by atoms with Gasteiger partial charge in [-0.1, -0.05) is 36.7 Å². The van der Waals surface area contributed by atoms with Crippen LogP contribution >= 0.6 is 15.9 Å². The van der Waals surface area contributed by atoms with Crippen LogP contribution in [0.1, 0.15) is 20.8 Å². The second kappa shape index (κ2) is 4.75. The van der Waals surface area contributed by atoms with Crippen LogP contribution in [0.4, 0.5) is 0 Å². The van der Waals surface area contributed by atoms with Crippen LogP contribution in [0.15, 0.2) is 0 Å². The van der Waals surface area contributed by atoms with E-state index >= 15 is 0 Å². The van der Waals surface area contributed by atoms with Crippen LogP contribution < -0.4 is 0 Å². The van der Waals surface area contributed by atoms with Gasteiger partial charge in [-0.25, -0.2) is 12.7 Å². The maximum atomic E-state index is 11.6.